The molecule has 1 atom stereocenters. The topological polar surface area (TPSA) is 58.6 Å². The molecule has 3 aromatic rings. The van der Waals surface area contributed by atoms with Crippen molar-refractivity contribution < 1.29 is 14.3 Å². The monoisotopic (exact) mass is 598 g/mol. The van der Waals surface area contributed by atoms with E-state index in [9.17, 15) is 9.59 Å². The third-order valence-corrected chi connectivity index (χ3v) is 8.76. The SMILES string of the molecule is COc1cccc(CN(C(=O)CSCc2ccc(Cl)cc2Cl)[C@H](Cc2ccccc2)C(=O)NC2CCCCC2)c1. The number of benzene rings is 3. The van der Waals surface area contributed by atoms with Crippen LogP contribution in [0.5, 0.6) is 5.75 Å². The Kier molecular flexibility index (Phi) is 11.6. The summed E-state index contributed by atoms with van der Waals surface area (Å²) >= 11 is 13.9. The van der Waals surface area contributed by atoms with Gasteiger partial charge in [0.15, 0.2) is 0 Å². The number of hydrogen-bond donors (Lipinski definition) is 1. The van der Waals surface area contributed by atoms with Gasteiger partial charge in [0.2, 0.25) is 11.8 Å². The minimum atomic E-state index is -0.650. The zero-order valence-electron chi connectivity index (χ0n) is 22.8. The van der Waals surface area contributed by atoms with Crippen molar-refractivity contribution in [2.45, 2.75) is 62.9 Å². The van der Waals surface area contributed by atoms with Gasteiger partial charge in [-0.25, -0.2) is 0 Å². The number of nitrogens with one attached hydrogen (secondary N) is 1. The molecule has 0 heterocycles. The van der Waals surface area contributed by atoms with E-state index in [4.69, 9.17) is 27.9 Å². The molecule has 1 N–H and O–H groups in total. The maximum atomic E-state index is 13.9. The Bertz CT molecular complexity index is 1270. The quantitative estimate of drug-likeness (QED) is 0.237. The highest BCUT2D eigenvalue weighted by Gasteiger charge is 2.32. The van der Waals surface area contributed by atoms with Crippen LogP contribution in [-0.4, -0.2) is 41.7 Å². The van der Waals surface area contributed by atoms with Crippen LogP contribution >= 0.6 is 35.0 Å². The van der Waals surface area contributed by atoms with E-state index in [0.717, 1.165) is 42.4 Å². The number of rotatable bonds is 12. The summed E-state index contributed by atoms with van der Waals surface area (Å²) in [6.45, 7) is 0.299. The first-order chi connectivity index (χ1) is 19.4. The van der Waals surface area contributed by atoms with E-state index in [1.807, 2.05) is 60.7 Å². The van der Waals surface area contributed by atoms with E-state index in [-0.39, 0.29) is 23.6 Å². The highest BCUT2D eigenvalue weighted by molar-refractivity contribution is 7.99. The molecule has 0 radical (unpaired) electrons. The Morgan fingerprint density at radius 3 is 2.45 bits per heavy atom. The number of ether oxygens (including phenoxy) is 1. The van der Waals surface area contributed by atoms with Gasteiger partial charge in [0, 0.05) is 34.8 Å². The van der Waals surface area contributed by atoms with Gasteiger partial charge in [0.1, 0.15) is 11.8 Å². The van der Waals surface area contributed by atoms with Crippen molar-refractivity contribution in [3.63, 3.8) is 0 Å². The summed E-state index contributed by atoms with van der Waals surface area (Å²) in [4.78, 5) is 29.5. The lowest BCUT2D eigenvalue weighted by molar-refractivity contribution is -0.139. The lowest BCUT2D eigenvalue weighted by atomic mass is 9.94. The predicted molar refractivity (Wildman–Crippen MR) is 165 cm³/mol. The zero-order valence-corrected chi connectivity index (χ0v) is 25.1. The Morgan fingerprint density at radius 2 is 1.73 bits per heavy atom. The van der Waals surface area contributed by atoms with Crippen LogP contribution in [0, 0.1) is 0 Å². The molecule has 3 aromatic carbocycles. The first-order valence-corrected chi connectivity index (χ1v) is 15.6. The molecule has 0 unspecified atom stereocenters. The van der Waals surface area contributed by atoms with Crippen LogP contribution in [0.1, 0.15) is 48.8 Å². The maximum absolute atomic E-state index is 13.9. The number of carbonyl (C=O) groups excluding carboxylic acids is 2. The van der Waals surface area contributed by atoms with Crippen LogP contribution in [0.25, 0.3) is 0 Å². The number of methoxy groups -OCH3 is 1. The number of carbonyl (C=O) groups is 2. The van der Waals surface area contributed by atoms with Crippen molar-refractivity contribution in [2.24, 2.45) is 0 Å². The highest BCUT2D eigenvalue weighted by atomic mass is 35.5. The van der Waals surface area contributed by atoms with Crippen molar-refractivity contribution in [2.75, 3.05) is 12.9 Å². The molecular formula is C32H36Cl2N2O3S. The molecule has 1 saturated carbocycles. The molecule has 0 spiro atoms. The standard InChI is InChI=1S/C32H36Cl2N2O3S/c1-39-28-14-8-11-24(17-28)20-36(31(37)22-40-21-25-15-16-26(33)19-29(25)34)30(18-23-9-4-2-5-10-23)32(38)35-27-12-6-3-7-13-27/h2,4-5,8-11,14-17,19,27,30H,3,6-7,12-13,18,20-22H2,1H3,(H,35,38)/t30-/m1/s1. The average Bonchev–Trinajstić information content (AvgIpc) is 2.97. The van der Waals surface area contributed by atoms with Gasteiger partial charge in [-0.1, -0.05) is 91.0 Å². The second-order valence-electron chi connectivity index (χ2n) is 10.2. The van der Waals surface area contributed by atoms with E-state index in [2.05, 4.69) is 5.32 Å². The van der Waals surface area contributed by atoms with Gasteiger partial charge in [0.05, 0.1) is 12.9 Å². The maximum Gasteiger partial charge on any atom is 0.243 e. The summed E-state index contributed by atoms with van der Waals surface area (Å²) < 4.78 is 5.43. The first kappa shape index (κ1) is 30.3. The fourth-order valence-corrected chi connectivity index (χ4v) is 6.50. The number of hydrogen-bond acceptors (Lipinski definition) is 4. The Morgan fingerprint density at radius 1 is 0.975 bits per heavy atom. The zero-order chi connectivity index (χ0) is 28.3. The largest absolute Gasteiger partial charge is 0.497 e. The van der Waals surface area contributed by atoms with E-state index in [1.165, 1.54) is 18.2 Å². The molecule has 0 saturated heterocycles. The molecule has 212 valence electrons. The fraction of sp³-hybridized carbons (Fsp3) is 0.375. The van der Waals surface area contributed by atoms with Gasteiger partial charge < -0.3 is 15.0 Å². The van der Waals surface area contributed by atoms with Gasteiger partial charge in [0.25, 0.3) is 0 Å². The molecule has 8 heteroatoms. The molecule has 1 aliphatic rings. The van der Waals surface area contributed by atoms with Crippen molar-refractivity contribution in [3.8, 4) is 5.75 Å². The molecule has 2 amide bonds. The molecule has 0 bridgehead atoms. The van der Waals surface area contributed by atoms with E-state index in [1.54, 1.807) is 24.1 Å². The summed E-state index contributed by atoms with van der Waals surface area (Å²) in [5.74, 6) is 1.29. The fourth-order valence-electron chi connectivity index (χ4n) is 5.04. The number of halogens is 2. The van der Waals surface area contributed by atoms with Crippen LogP contribution in [0.4, 0.5) is 0 Å². The summed E-state index contributed by atoms with van der Waals surface area (Å²) in [5.41, 5.74) is 2.83. The van der Waals surface area contributed by atoms with Crippen molar-refractivity contribution >= 4 is 46.8 Å². The molecule has 1 fully saturated rings. The second kappa shape index (κ2) is 15.4. The van der Waals surface area contributed by atoms with Crippen LogP contribution in [0.15, 0.2) is 72.8 Å². The molecule has 4 rings (SSSR count). The summed E-state index contributed by atoms with van der Waals surface area (Å²) in [6, 6.07) is 22.4. The minimum absolute atomic E-state index is 0.0993. The molecule has 5 nitrogen and oxygen atoms in total. The van der Waals surface area contributed by atoms with Crippen LogP contribution in [0.3, 0.4) is 0 Å². The van der Waals surface area contributed by atoms with Crippen LogP contribution in [0.2, 0.25) is 10.0 Å². The Balaban J connectivity index is 1.58. The smallest absolute Gasteiger partial charge is 0.243 e. The van der Waals surface area contributed by atoms with E-state index >= 15 is 0 Å². The summed E-state index contributed by atoms with van der Waals surface area (Å²) in [6.07, 6.45) is 5.82. The van der Waals surface area contributed by atoms with Crippen molar-refractivity contribution in [3.05, 3.63) is 99.5 Å². The molecule has 0 aliphatic heterocycles. The van der Waals surface area contributed by atoms with Gasteiger partial charge >= 0.3 is 0 Å². The molecule has 1 aliphatic carbocycles. The normalized spacial score (nSPS) is 14.4. The third kappa shape index (κ3) is 8.92. The van der Waals surface area contributed by atoms with Crippen LogP contribution in [-0.2, 0) is 28.3 Å². The summed E-state index contributed by atoms with van der Waals surface area (Å²) in [5, 5.41) is 4.44. The second-order valence-corrected chi connectivity index (χ2v) is 12.0. The molecule has 0 aromatic heterocycles. The van der Waals surface area contributed by atoms with Gasteiger partial charge in [-0.15, -0.1) is 11.8 Å². The molecular weight excluding hydrogens is 563 g/mol. The van der Waals surface area contributed by atoms with Gasteiger partial charge in [-0.2, -0.15) is 0 Å². The minimum Gasteiger partial charge on any atom is -0.497 e. The number of nitrogens with zero attached hydrogens (tertiary/aromatic N) is 1. The lowest BCUT2D eigenvalue weighted by Gasteiger charge is -2.33. The number of thioether (sulfide) groups is 1. The average molecular weight is 600 g/mol. The van der Waals surface area contributed by atoms with E-state index in [0.29, 0.717) is 34.5 Å². The van der Waals surface area contributed by atoms with Gasteiger partial charge in [-0.05, 0) is 53.8 Å². The van der Waals surface area contributed by atoms with Crippen molar-refractivity contribution in [1.29, 1.82) is 0 Å². The Hall–Kier alpha value is -2.67. The first-order valence-electron chi connectivity index (χ1n) is 13.7. The molecule has 40 heavy (non-hydrogen) atoms. The lowest BCUT2D eigenvalue weighted by Crippen LogP contribution is -2.53. The van der Waals surface area contributed by atoms with Gasteiger partial charge in [-0.3, -0.25) is 9.59 Å². The predicted octanol–water partition coefficient (Wildman–Crippen LogP) is 7.32. The Labute approximate surface area is 251 Å². The van der Waals surface area contributed by atoms with E-state index < -0.39 is 6.04 Å². The van der Waals surface area contributed by atoms with Crippen LogP contribution < -0.4 is 10.1 Å². The summed E-state index contributed by atoms with van der Waals surface area (Å²) in [7, 11) is 1.62. The highest BCUT2D eigenvalue weighted by Crippen LogP contribution is 2.26. The number of amides is 2. The van der Waals surface area contributed by atoms with Crippen molar-refractivity contribution in [1.82, 2.24) is 10.2 Å². The third-order valence-electron chi connectivity index (χ3n) is 7.21.